The number of fused-ring (bicyclic) bond motifs is 2. The summed E-state index contributed by atoms with van der Waals surface area (Å²) >= 11 is 0. The van der Waals surface area contributed by atoms with Crippen molar-refractivity contribution in [1.82, 2.24) is 24.7 Å². The number of carbonyl (C=O) groups is 2. The van der Waals surface area contributed by atoms with Gasteiger partial charge in [-0.25, -0.2) is 9.97 Å². The van der Waals surface area contributed by atoms with Gasteiger partial charge in [0, 0.05) is 45.7 Å². The van der Waals surface area contributed by atoms with E-state index in [0.29, 0.717) is 25.5 Å². The van der Waals surface area contributed by atoms with Gasteiger partial charge in [-0.15, -0.1) is 0 Å². The molecule has 4 heterocycles. The van der Waals surface area contributed by atoms with Gasteiger partial charge in [-0.05, 0) is 36.8 Å². The first kappa shape index (κ1) is 21.8. The summed E-state index contributed by atoms with van der Waals surface area (Å²) in [4.78, 5) is 41.0. The van der Waals surface area contributed by atoms with Crippen molar-refractivity contribution in [2.75, 3.05) is 38.5 Å². The first-order valence-corrected chi connectivity index (χ1v) is 11.9. The number of hydrogen-bond acceptors (Lipinski definition) is 6. The molecule has 3 aliphatic heterocycles. The van der Waals surface area contributed by atoms with Crippen molar-refractivity contribution in [2.24, 2.45) is 0 Å². The van der Waals surface area contributed by atoms with Gasteiger partial charge in [0.1, 0.15) is 5.82 Å². The molecule has 8 heteroatoms. The second kappa shape index (κ2) is 9.09. The van der Waals surface area contributed by atoms with E-state index in [1.807, 2.05) is 16.8 Å². The van der Waals surface area contributed by atoms with Crippen molar-refractivity contribution >= 4 is 17.6 Å². The fourth-order valence-electron chi connectivity index (χ4n) is 5.38. The Labute approximate surface area is 195 Å². The molecule has 1 fully saturated rings. The number of carbonyl (C=O) groups excluding carboxylic acids is 2. The number of hydrogen-bond donors (Lipinski definition) is 1. The van der Waals surface area contributed by atoms with E-state index in [9.17, 15) is 9.59 Å². The zero-order chi connectivity index (χ0) is 22.9. The van der Waals surface area contributed by atoms with E-state index >= 15 is 0 Å². The Morgan fingerprint density at radius 3 is 2.67 bits per heavy atom. The maximum absolute atomic E-state index is 13.4. The highest BCUT2D eigenvalue weighted by Gasteiger charge is 2.34. The van der Waals surface area contributed by atoms with Crippen molar-refractivity contribution in [3.8, 4) is 0 Å². The average Bonchev–Trinajstić information content (AvgIpc) is 3.33. The molecule has 0 saturated carbocycles. The summed E-state index contributed by atoms with van der Waals surface area (Å²) in [5.41, 5.74) is 4.70. The molecule has 0 spiro atoms. The van der Waals surface area contributed by atoms with Crippen LogP contribution in [0.15, 0.2) is 24.3 Å². The van der Waals surface area contributed by atoms with E-state index in [2.05, 4.69) is 34.5 Å². The standard InChI is InChI=1S/C25H32N6O2/c1-17(32)30-13-10-20-21(15-30)27-25(28-24(20)26-2)22-8-5-11-31(22)23(33)16-29-12-9-18-6-3-4-7-19(18)14-29/h3-4,6-7,22H,5,8-16H2,1-2H3,(H,26,27,28)/t22-/m1/s1. The van der Waals surface area contributed by atoms with Crippen LogP contribution in [0.25, 0.3) is 0 Å². The molecule has 0 bridgehead atoms. The van der Waals surface area contributed by atoms with Crippen LogP contribution in [-0.2, 0) is 35.5 Å². The van der Waals surface area contributed by atoms with Crippen LogP contribution in [0.5, 0.6) is 0 Å². The smallest absolute Gasteiger partial charge is 0.237 e. The maximum Gasteiger partial charge on any atom is 0.237 e. The number of nitrogens with one attached hydrogen (secondary N) is 1. The lowest BCUT2D eigenvalue weighted by atomic mass is 10.00. The third-order valence-electron chi connectivity index (χ3n) is 7.20. The zero-order valence-corrected chi connectivity index (χ0v) is 19.5. The number of aromatic nitrogens is 2. The highest BCUT2D eigenvalue weighted by Crippen LogP contribution is 2.33. The first-order chi connectivity index (χ1) is 16.0. The number of likely N-dealkylation sites (tertiary alicyclic amines) is 1. The van der Waals surface area contributed by atoms with Gasteiger partial charge in [-0.3, -0.25) is 14.5 Å². The van der Waals surface area contributed by atoms with Crippen molar-refractivity contribution in [3.63, 3.8) is 0 Å². The molecule has 8 nitrogen and oxygen atoms in total. The molecule has 1 aromatic heterocycles. The quantitative estimate of drug-likeness (QED) is 0.772. The molecule has 0 radical (unpaired) electrons. The Balaban J connectivity index is 1.34. The molecule has 33 heavy (non-hydrogen) atoms. The minimum atomic E-state index is -0.111. The summed E-state index contributed by atoms with van der Waals surface area (Å²) in [6.45, 7) is 5.68. The molecular formula is C25H32N6O2. The van der Waals surface area contributed by atoms with E-state index in [-0.39, 0.29) is 17.9 Å². The number of rotatable bonds is 4. The van der Waals surface area contributed by atoms with Crippen LogP contribution < -0.4 is 5.32 Å². The normalized spacial score (nSPS) is 20.4. The van der Waals surface area contributed by atoms with Crippen molar-refractivity contribution in [1.29, 1.82) is 0 Å². The number of nitrogens with zero attached hydrogens (tertiary/aromatic N) is 5. The van der Waals surface area contributed by atoms with Crippen molar-refractivity contribution < 1.29 is 9.59 Å². The molecule has 1 saturated heterocycles. The predicted octanol–water partition coefficient (Wildman–Crippen LogP) is 2.14. The van der Waals surface area contributed by atoms with E-state index in [1.165, 1.54) is 11.1 Å². The first-order valence-electron chi connectivity index (χ1n) is 11.9. The van der Waals surface area contributed by atoms with Crippen molar-refractivity contribution in [3.05, 3.63) is 52.5 Å². The average molecular weight is 449 g/mol. The van der Waals surface area contributed by atoms with Crippen LogP contribution in [0.4, 0.5) is 5.82 Å². The molecule has 2 amide bonds. The molecular weight excluding hydrogens is 416 g/mol. The second-order valence-electron chi connectivity index (χ2n) is 9.27. The van der Waals surface area contributed by atoms with Crippen LogP contribution in [0.2, 0.25) is 0 Å². The lowest BCUT2D eigenvalue weighted by Gasteiger charge is -2.32. The summed E-state index contributed by atoms with van der Waals surface area (Å²) in [5, 5.41) is 3.22. The molecule has 5 rings (SSSR count). The maximum atomic E-state index is 13.4. The van der Waals surface area contributed by atoms with E-state index < -0.39 is 0 Å². The largest absolute Gasteiger partial charge is 0.373 e. The number of anilines is 1. The van der Waals surface area contributed by atoms with Gasteiger partial charge in [0.2, 0.25) is 11.8 Å². The van der Waals surface area contributed by atoms with E-state index in [4.69, 9.17) is 9.97 Å². The Morgan fingerprint density at radius 1 is 1.06 bits per heavy atom. The van der Waals surface area contributed by atoms with E-state index in [0.717, 1.165) is 62.4 Å². The third kappa shape index (κ3) is 4.31. The predicted molar refractivity (Wildman–Crippen MR) is 125 cm³/mol. The van der Waals surface area contributed by atoms with Gasteiger partial charge in [0.05, 0.1) is 24.8 Å². The van der Waals surface area contributed by atoms with Crippen LogP contribution in [0.3, 0.4) is 0 Å². The van der Waals surface area contributed by atoms with Gasteiger partial charge < -0.3 is 15.1 Å². The topological polar surface area (TPSA) is 81.7 Å². The molecule has 1 N–H and O–H groups in total. The summed E-state index contributed by atoms with van der Waals surface area (Å²) in [5.74, 6) is 1.73. The van der Waals surface area contributed by atoms with Crippen LogP contribution >= 0.6 is 0 Å². The fraction of sp³-hybridized carbons (Fsp3) is 0.520. The van der Waals surface area contributed by atoms with Gasteiger partial charge in [0.15, 0.2) is 5.82 Å². The summed E-state index contributed by atoms with van der Waals surface area (Å²) < 4.78 is 0. The zero-order valence-electron chi connectivity index (χ0n) is 19.5. The Morgan fingerprint density at radius 2 is 1.88 bits per heavy atom. The van der Waals surface area contributed by atoms with Gasteiger partial charge in [-0.2, -0.15) is 0 Å². The monoisotopic (exact) mass is 448 g/mol. The second-order valence-corrected chi connectivity index (χ2v) is 9.27. The molecule has 3 aliphatic rings. The lowest BCUT2D eigenvalue weighted by molar-refractivity contribution is -0.133. The van der Waals surface area contributed by atoms with Gasteiger partial charge in [0.25, 0.3) is 0 Å². The van der Waals surface area contributed by atoms with Gasteiger partial charge in [-0.1, -0.05) is 24.3 Å². The molecule has 1 aromatic carbocycles. The molecule has 0 aliphatic carbocycles. The summed E-state index contributed by atoms with van der Waals surface area (Å²) in [7, 11) is 1.87. The van der Waals surface area contributed by atoms with Crippen LogP contribution in [0.1, 0.15) is 54.0 Å². The van der Waals surface area contributed by atoms with Gasteiger partial charge >= 0.3 is 0 Å². The Hall–Kier alpha value is -3.00. The fourth-order valence-corrected chi connectivity index (χ4v) is 5.38. The number of benzene rings is 1. The highest BCUT2D eigenvalue weighted by molar-refractivity contribution is 5.79. The minimum Gasteiger partial charge on any atom is -0.373 e. The Kier molecular flexibility index (Phi) is 6.01. The SMILES string of the molecule is CNc1nc([C@H]2CCCN2C(=O)CN2CCc3ccccc3C2)nc2c1CCN(C(C)=O)C2. The number of amides is 2. The Bertz CT molecular complexity index is 1070. The third-order valence-corrected chi connectivity index (χ3v) is 7.20. The minimum absolute atomic E-state index is 0.0626. The molecule has 0 unspecified atom stereocenters. The van der Waals surface area contributed by atoms with E-state index in [1.54, 1.807) is 6.92 Å². The lowest BCUT2D eigenvalue weighted by Crippen LogP contribution is -2.42. The highest BCUT2D eigenvalue weighted by atomic mass is 16.2. The van der Waals surface area contributed by atoms with Crippen molar-refractivity contribution in [2.45, 2.75) is 51.7 Å². The molecule has 1 atom stereocenters. The van der Waals surface area contributed by atoms with Crippen LogP contribution in [-0.4, -0.2) is 69.7 Å². The van der Waals surface area contributed by atoms with Crippen LogP contribution in [0, 0.1) is 0 Å². The summed E-state index contributed by atoms with van der Waals surface area (Å²) in [6, 6.07) is 8.39. The summed E-state index contributed by atoms with van der Waals surface area (Å²) in [6.07, 6.45) is 3.55. The molecule has 2 aromatic rings. The molecule has 174 valence electrons.